The molecule has 10 heteroatoms. The molecule has 7 atom stereocenters. The van der Waals surface area contributed by atoms with Crippen LogP contribution in [0, 0.1) is 11.8 Å². The molecule has 1 aromatic rings. The molecule has 4 rings (SSSR count). The van der Waals surface area contributed by atoms with Crippen molar-refractivity contribution in [3.8, 4) is 5.75 Å². The number of anilines is 1. The number of fused-ring (bicyclic) bond motifs is 1. The lowest BCUT2D eigenvalue weighted by atomic mass is 9.70. The van der Waals surface area contributed by atoms with E-state index in [1.165, 1.54) is 4.90 Å². The van der Waals surface area contributed by atoms with Gasteiger partial charge in [0.05, 0.1) is 37.2 Å². The minimum absolute atomic E-state index is 0.138. The first-order valence-corrected chi connectivity index (χ1v) is 12.6. The first-order chi connectivity index (χ1) is 16.1. The molecule has 3 amide bonds. The molecule has 3 heterocycles. The number of ether oxygens (including phenoxy) is 2. The van der Waals surface area contributed by atoms with Gasteiger partial charge in [-0.2, -0.15) is 0 Å². The van der Waals surface area contributed by atoms with Gasteiger partial charge in [-0.05, 0) is 58.4 Å². The van der Waals surface area contributed by atoms with E-state index < -0.39 is 35.6 Å². The molecule has 3 aliphatic rings. The Labute approximate surface area is 207 Å². The summed E-state index contributed by atoms with van der Waals surface area (Å²) in [6.45, 7) is 7.52. The van der Waals surface area contributed by atoms with Crippen LogP contribution in [0.15, 0.2) is 24.3 Å². The van der Waals surface area contributed by atoms with Crippen molar-refractivity contribution in [3.63, 3.8) is 0 Å². The number of carbonyl (C=O) groups is 3. The molecule has 1 spiro atoms. The number of hydrogen-bond donors (Lipinski definition) is 3. The van der Waals surface area contributed by atoms with Crippen molar-refractivity contribution in [1.29, 1.82) is 0 Å². The van der Waals surface area contributed by atoms with Gasteiger partial charge in [0.15, 0.2) is 0 Å². The Morgan fingerprint density at radius 2 is 1.94 bits per heavy atom. The van der Waals surface area contributed by atoms with E-state index in [4.69, 9.17) is 9.47 Å². The van der Waals surface area contributed by atoms with Crippen LogP contribution in [0.3, 0.4) is 0 Å². The maximum Gasteiger partial charge on any atom is 0.246 e. The summed E-state index contributed by atoms with van der Waals surface area (Å²) < 4.78 is 11.8. The Balaban J connectivity index is 1.66. The number of rotatable bonds is 8. The molecule has 0 saturated carbocycles. The third-order valence-corrected chi connectivity index (χ3v) is 7.73. The van der Waals surface area contributed by atoms with Gasteiger partial charge in [0.2, 0.25) is 17.7 Å². The van der Waals surface area contributed by atoms with Crippen LogP contribution < -0.4 is 15.4 Å². The highest BCUT2D eigenvalue weighted by molar-refractivity contribution is 9.09. The van der Waals surface area contributed by atoms with Gasteiger partial charge in [-0.3, -0.25) is 14.4 Å². The van der Waals surface area contributed by atoms with Crippen molar-refractivity contribution >= 4 is 39.3 Å². The number of nitrogens with zero attached hydrogens (tertiary/aromatic N) is 1. The van der Waals surface area contributed by atoms with Gasteiger partial charge in [-0.25, -0.2) is 0 Å². The van der Waals surface area contributed by atoms with Crippen LogP contribution in [0.4, 0.5) is 5.69 Å². The molecule has 3 aliphatic heterocycles. The number of amides is 3. The van der Waals surface area contributed by atoms with Crippen LogP contribution in [0.25, 0.3) is 0 Å². The van der Waals surface area contributed by atoms with E-state index in [1.54, 1.807) is 31.2 Å². The fourth-order valence-corrected chi connectivity index (χ4v) is 6.56. The summed E-state index contributed by atoms with van der Waals surface area (Å²) in [5, 5.41) is 15.6. The second kappa shape index (κ2) is 9.47. The molecule has 34 heavy (non-hydrogen) atoms. The highest BCUT2D eigenvalue weighted by Crippen LogP contribution is 2.60. The van der Waals surface area contributed by atoms with Gasteiger partial charge in [-0.15, -0.1) is 0 Å². The van der Waals surface area contributed by atoms with Crippen LogP contribution in [-0.4, -0.2) is 75.6 Å². The summed E-state index contributed by atoms with van der Waals surface area (Å²) in [5.41, 5.74) is -0.560. The number of carbonyl (C=O) groups excluding carboxylic acids is 3. The molecular formula is C24H32BrN3O6. The van der Waals surface area contributed by atoms with Crippen molar-refractivity contribution in [3.05, 3.63) is 24.3 Å². The van der Waals surface area contributed by atoms with Crippen molar-refractivity contribution in [2.75, 3.05) is 18.5 Å². The Morgan fingerprint density at radius 1 is 1.26 bits per heavy atom. The Bertz CT molecular complexity index is 957. The zero-order valence-corrected chi connectivity index (χ0v) is 21.4. The van der Waals surface area contributed by atoms with Crippen molar-refractivity contribution in [2.45, 2.75) is 68.8 Å². The maximum absolute atomic E-state index is 13.7. The number of aliphatic hydroxyl groups excluding tert-OH is 1. The van der Waals surface area contributed by atoms with Crippen molar-refractivity contribution < 1.29 is 29.0 Å². The zero-order valence-electron chi connectivity index (χ0n) is 19.8. The SMILES string of the molecule is CCOc1ccc(NC(=O)[C@H]2[C@H]3C(=O)N([C@H](C)CO)C(C(=O)NC(C)C)C34CC(Br)[C@@H]2O4)cc1. The third-order valence-electron chi connectivity index (χ3n) is 6.88. The molecular weight excluding hydrogens is 506 g/mol. The molecule has 3 N–H and O–H groups in total. The van der Waals surface area contributed by atoms with Crippen LogP contribution in [-0.2, 0) is 19.1 Å². The summed E-state index contributed by atoms with van der Waals surface area (Å²) >= 11 is 3.64. The van der Waals surface area contributed by atoms with E-state index in [2.05, 4.69) is 26.6 Å². The summed E-state index contributed by atoms with van der Waals surface area (Å²) in [6.07, 6.45) is -0.122. The Kier molecular flexibility index (Phi) is 6.94. The standard InChI is InChI=1S/C24H32BrN3O6/c1-5-33-15-8-6-14(7-9-15)27-21(30)17-18-23(32)28(13(4)11-29)20(22(31)26-12(2)3)24(18)10-16(25)19(17)34-24/h6-9,12-13,16-20,29H,5,10-11H2,1-4H3,(H,26,31)(H,27,30)/t13-,16?,17+,18+,19+,20?,24?/m1/s1. The maximum atomic E-state index is 13.7. The summed E-state index contributed by atoms with van der Waals surface area (Å²) in [7, 11) is 0. The third kappa shape index (κ3) is 3.99. The predicted octanol–water partition coefficient (Wildman–Crippen LogP) is 1.68. The highest BCUT2D eigenvalue weighted by atomic mass is 79.9. The fraction of sp³-hybridized carbons (Fsp3) is 0.625. The van der Waals surface area contributed by atoms with E-state index in [0.717, 1.165) is 0 Å². The monoisotopic (exact) mass is 537 g/mol. The van der Waals surface area contributed by atoms with Crippen molar-refractivity contribution in [1.82, 2.24) is 10.2 Å². The minimum atomic E-state index is -1.14. The molecule has 0 aliphatic carbocycles. The highest BCUT2D eigenvalue weighted by Gasteiger charge is 2.76. The molecule has 0 radical (unpaired) electrons. The molecule has 2 bridgehead atoms. The molecule has 0 aromatic heterocycles. The van der Waals surface area contributed by atoms with E-state index in [1.807, 2.05) is 20.8 Å². The van der Waals surface area contributed by atoms with Gasteiger partial charge in [0.25, 0.3) is 0 Å². The van der Waals surface area contributed by atoms with E-state index >= 15 is 0 Å². The largest absolute Gasteiger partial charge is 0.494 e. The molecule has 186 valence electrons. The number of likely N-dealkylation sites (tertiary alicyclic amines) is 1. The summed E-state index contributed by atoms with van der Waals surface area (Å²) in [6, 6.07) is 5.36. The number of aliphatic hydroxyl groups is 1. The predicted molar refractivity (Wildman–Crippen MR) is 129 cm³/mol. The van der Waals surface area contributed by atoms with E-state index in [9.17, 15) is 19.5 Å². The fourth-order valence-electron chi connectivity index (χ4n) is 5.62. The molecule has 9 nitrogen and oxygen atoms in total. The second-order valence-corrected chi connectivity index (χ2v) is 10.7. The first kappa shape index (κ1) is 24.9. The van der Waals surface area contributed by atoms with Crippen LogP contribution in [0.1, 0.15) is 34.1 Å². The lowest BCUT2D eigenvalue weighted by Crippen LogP contribution is -2.58. The average molecular weight is 538 g/mol. The lowest BCUT2D eigenvalue weighted by molar-refractivity contribution is -0.144. The number of nitrogens with one attached hydrogen (secondary N) is 2. The summed E-state index contributed by atoms with van der Waals surface area (Å²) in [4.78, 5) is 41.7. The van der Waals surface area contributed by atoms with E-state index in [-0.39, 0.29) is 35.2 Å². The van der Waals surface area contributed by atoms with Gasteiger partial charge in [0, 0.05) is 16.6 Å². The lowest BCUT2D eigenvalue weighted by Gasteiger charge is -2.36. The van der Waals surface area contributed by atoms with Gasteiger partial charge in [0.1, 0.15) is 17.4 Å². The number of alkyl halides is 1. The second-order valence-electron chi connectivity index (χ2n) is 9.55. The average Bonchev–Trinajstić information content (AvgIpc) is 3.37. The molecule has 3 unspecified atom stereocenters. The minimum Gasteiger partial charge on any atom is -0.494 e. The Morgan fingerprint density at radius 3 is 2.53 bits per heavy atom. The van der Waals surface area contributed by atoms with Crippen LogP contribution in [0.2, 0.25) is 0 Å². The summed E-state index contributed by atoms with van der Waals surface area (Å²) in [5.74, 6) is -1.89. The topological polar surface area (TPSA) is 117 Å². The normalized spacial score (nSPS) is 32.6. The van der Waals surface area contributed by atoms with Crippen LogP contribution in [0.5, 0.6) is 5.75 Å². The van der Waals surface area contributed by atoms with Gasteiger partial charge >= 0.3 is 0 Å². The number of hydrogen-bond acceptors (Lipinski definition) is 6. The van der Waals surface area contributed by atoms with Crippen molar-refractivity contribution in [2.24, 2.45) is 11.8 Å². The first-order valence-electron chi connectivity index (χ1n) is 11.7. The quantitative estimate of drug-likeness (QED) is 0.434. The smallest absolute Gasteiger partial charge is 0.246 e. The molecule has 3 saturated heterocycles. The number of benzene rings is 1. The van der Waals surface area contributed by atoms with Gasteiger partial charge < -0.3 is 30.1 Å². The molecule has 1 aromatic carbocycles. The zero-order chi connectivity index (χ0) is 24.8. The van der Waals surface area contributed by atoms with Crippen LogP contribution >= 0.6 is 15.9 Å². The van der Waals surface area contributed by atoms with Gasteiger partial charge in [-0.1, -0.05) is 15.9 Å². The van der Waals surface area contributed by atoms with E-state index in [0.29, 0.717) is 24.5 Å². The Hall–Kier alpha value is -2.17. The molecule has 3 fully saturated rings. The number of halogens is 1.